The van der Waals surface area contributed by atoms with E-state index in [0.29, 0.717) is 5.39 Å². The van der Waals surface area contributed by atoms with E-state index >= 15 is 0 Å². The van der Waals surface area contributed by atoms with Crippen LogP contribution in [0, 0.1) is 0 Å². The highest BCUT2D eigenvalue weighted by atomic mass is 32.1. The van der Waals surface area contributed by atoms with Gasteiger partial charge in [0.25, 0.3) is 0 Å². The van der Waals surface area contributed by atoms with Gasteiger partial charge in [-0.1, -0.05) is 12.1 Å². The summed E-state index contributed by atoms with van der Waals surface area (Å²) < 4.78 is 9.88. The SMILES string of the molecule is COC(=O)/C=C(/Nc1csc2ccccc2c1=O)C(=O)OC. The first kappa shape index (κ1) is 15.7. The Morgan fingerprint density at radius 1 is 1.18 bits per heavy atom. The van der Waals surface area contributed by atoms with Crippen molar-refractivity contribution >= 4 is 39.0 Å². The van der Waals surface area contributed by atoms with Gasteiger partial charge >= 0.3 is 11.9 Å². The lowest BCUT2D eigenvalue weighted by molar-refractivity contribution is -0.138. The molecule has 22 heavy (non-hydrogen) atoms. The summed E-state index contributed by atoms with van der Waals surface area (Å²) in [4.78, 5) is 35.4. The molecule has 1 aromatic carbocycles. The van der Waals surface area contributed by atoms with Gasteiger partial charge in [-0.2, -0.15) is 0 Å². The summed E-state index contributed by atoms with van der Waals surface area (Å²) in [6.45, 7) is 0. The number of benzene rings is 1. The highest BCUT2D eigenvalue weighted by Crippen LogP contribution is 2.19. The fourth-order valence-corrected chi connectivity index (χ4v) is 2.60. The van der Waals surface area contributed by atoms with Crippen molar-refractivity contribution in [2.45, 2.75) is 0 Å². The van der Waals surface area contributed by atoms with Crippen molar-refractivity contribution < 1.29 is 19.1 Å². The summed E-state index contributed by atoms with van der Waals surface area (Å²) in [5.41, 5.74) is -0.257. The van der Waals surface area contributed by atoms with Crippen molar-refractivity contribution in [1.82, 2.24) is 0 Å². The van der Waals surface area contributed by atoms with Crippen LogP contribution in [0.5, 0.6) is 0 Å². The summed E-state index contributed by atoms with van der Waals surface area (Å²) in [5.74, 6) is -1.51. The van der Waals surface area contributed by atoms with Crippen LogP contribution in [0.3, 0.4) is 0 Å². The van der Waals surface area contributed by atoms with Crippen LogP contribution in [0.1, 0.15) is 0 Å². The Bertz CT molecular complexity index is 809. The third-order valence-electron chi connectivity index (χ3n) is 2.82. The molecular formula is C15H13NO5S. The summed E-state index contributed by atoms with van der Waals surface area (Å²) >= 11 is 1.35. The average Bonchev–Trinajstić information content (AvgIpc) is 2.55. The molecule has 6 nitrogen and oxygen atoms in total. The van der Waals surface area contributed by atoms with Crippen molar-refractivity contribution in [3.63, 3.8) is 0 Å². The highest BCUT2D eigenvalue weighted by molar-refractivity contribution is 7.16. The zero-order valence-electron chi connectivity index (χ0n) is 11.9. The van der Waals surface area contributed by atoms with Crippen molar-refractivity contribution in [2.75, 3.05) is 19.5 Å². The van der Waals surface area contributed by atoms with Crippen molar-refractivity contribution in [2.24, 2.45) is 0 Å². The second-order valence-corrected chi connectivity index (χ2v) is 5.08. The second-order valence-electron chi connectivity index (χ2n) is 4.17. The van der Waals surface area contributed by atoms with Crippen LogP contribution in [-0.2, 0) is 19.1 Å². The molecule has 0 aliphatic rings. The number of anilines is 1. The maximum Gasteiger partial charge on any atom is 0.354 e. The van der Waals surface area contributed by atoms with Gasteiger partial charge < -0.3 is 14.8 Å². The van der Waals surface area contributed by atoms with E-state index in [1.54, 1.807) is 17.5 Å². The zero-order chi connectivity index (χ0) is 16.1. The molecule has 0 aliphatic carbocycles. The zero-order valence-corrected chi connectivity index (χ0v) is 12.7. The van der Waals surface area contributed by atoms with Crippen LogP contribution in [0.15, 0.2) is 46.2 Å². The summed E-state index contributed by atoms with van der Waals surface area (Å²) in [7, 11) is 2.36. The molecule has 0 atom stereocenters. The minimum atomic E-state index is -0.775. The Labute approximate surface area is 130 Å². The minimum absolute atomic E-state index is 0.172. The van der Waals surface area contributed by atoms with Gasteiger partial charge in [0.2, 0.25) is 5.43 Å². The molecule has 2 aromatic rings. The van der Waals surface area contributed by atoms with E-state index in [9.17, 15) is 14.4 Å². The Hall–Kier alpha value is -2.67. The molecule has 1 N–H and O–H groups in total. The molecule has 0 aliphatic heterocycles. The molecule has 0 saturated carbocycles. The van der Waals surface area contributed by atoms with Gasteiger partial charge in [0, 0.05) is 15.5 Å². The average molecular weight is 319 g/mol. The van der Waals surface area contributed by atoms with Crippen LogP contribution >= 0.6 is 11.3 Å². The van der Waals surface area contributed by atoms with Crippen LogP contribution in [0.4, 0.5) is 5.69 Å². The van der Waals surface area contributed by atoms with Gasteiger partial charge in [-0.15, -0.1) is 11.3 Å². The summed E-state index contributed by atoms with van der Waals surface area (Å²) in [5, 5.41) is 4.75. The molecule has 0 saturated heterocycles. The number of carbonyl (C=O) groups excluding carboxylic acids is 2. The predicted molar refractivity (Wildman–Crippen MR) is 83.8 cm³/mol. The quantitative estimate of drug-likeness (QED) is 0.685. The molecule has 0 radical (unpaired) electrons. The molecular weight excluding hydrogens is 306 g/mol. The van der Waals surface area contributed by atoms with Gasteiger partial charge in [-0.05, 0) is 12.1 Å². The van der Waals surface area contributed by atoms with Crippen molar-refractivity contribution in [3.05, 3.63) is 51.6 Å². The number of fused-ring (bicyclic) bond motifs is 1. The third kappa shape index (κ3) is 3.32. The Morgan fingerprint density at radius 2 is 1.91 bits per heavy atom. The molecule has 0 fully saturated rings. The molecule has 0 bridgehead atoms. The van der Waals surface area contributed by atoms with Gasteiger partial charge in [-0.3, -0.25) is 4.79 Å². The molecule has 2 rings (SSSR count). The molecule has 7 heteroatoms. The smallest absolute Gasteiger partial charge is 0.354 e. The van der Waals surface area contributed by atoms with E-state index in [-0.39, 0.29) is 16.8 Å². The van der Waals surface area contributed by atoms with Gasteiger partial charge in [0.1, 0.15) is 5.70 Å². The van der Waals surface area contributed by atoms with E-state index < -0.39 is 11.9 Å². The number of carbonyl (C=O) groups is 2. The Morgan fingerprint density at radius 3 is 2.59 bits per heavy atom. The minimum Gasteiger partial charge on any atom is -0.466 e. The lowest BCUT2D eigenvalue weighted by Crippen LogP contribution is -2.19. The Kier molecular flexibility index (Phi) is 4.90. The number of esters is 2. The fourth-order valence-electron chi connectivity index (χ4n) is 1.74. The number of rotatable bonds is 4. The monoisotopic (exact) mass is 319 g/mol. The van der Waals surface area contributed by atoms with Crippen LogP contribution in [0.25, 0.3) is 10.1 Å². The van der Waals surface area contributed by atoms with Gasteiger partial charge in [0.15, 0.2) is 0 Å². The molecule has 1 heterocycles. The first-order valence-corrected chi connectivity index (χ1v) is 7.10. The molecule has 1 aromatic heterocycles. The summed E-state index contributed by atoms with van der Waals surface area (Å²) in [6, 6.07) is 7.12. The summed E-state index contributed by atoms with van der Waals surface area (Å²) in [6.07, 6.45) is 0.936. The molecule has 0 spiro atoms. The maximum atomic E-state index is 12.4. The third-order valence-corrected chi connectivity index (χ3v) is 3.78. The number of hydrogen-bond acceptors (Lipinski definition) is 7. The lowest BCUT2D eigenvalue weighted by Gasteiger charge is -2.08. The van der Waals surface area contributed by atoms with E-state index in [4.69, 9.17) is 0 Å². The number of methoxy groups -OCH3 is 2. The Balaban J connectivity index is 2.44. The first-order chi connectivity index (χ1) is 10.6. The largest absolute Gasteiger partial charge is 0.466 e. The molecule has 114 valence electrons. The van der Waals surface area contributed by atoms with Crippen LogP contribution in [-0.4, -0.2) is 26.2 Å². The van der Waals surface area contributed by atoms with Crippen molar-refractivity contribution in [3.8, 4) is 0 Å². The highest BCUT2D eigenvalue weighted by Gasteiger charge is 2.15. The lowest BCUT2D eigenvalue weighted by atomic mass is 10.2. The number of ether oxygens (including phenoxy) is 2. The van der Waals surface area contributed by atoms with E-state index in [1.165, 1.54) is 25.6 Å². The maximum absolute atomic E-state index is 12.4. The first-order valence-electron chi connectivity index (χ1n) is 6.22. The van der Waals surface area contributed by atoms with Gasteiger partial charge in [-0.25, -0.2) is 9.59 Å². The molecule has 0 unspecified atom stereocenters. The van der Waals surface area contributed by atoms with Crippen molar-refractivity contribution in [1.29, 1.82) is 0 Å². The fraction of sp³-hybridized carbons (Fsp3) is 0.133. The van der Waals surface area contributed by atoms with Crippen LogP contribution < -0.4 is 10.7 Å². The topological polar surface area (TPSA) is 81.7 Å². The standard InChI is InChI=1S/C15H13NO5S/c1-20-13(17)7-10(15(19)21-2)16-11-8-22-12-6-4-3-5-9(12)14(11)18/h3-8,16H,1-2H3/b10-7+. The number of nitrogens with one attached hydrogen (secondary N) is 1. The second kappa shape index (κ2) is 6.86. The van der Waals surface area contributed by atoms with Gasteiger partial charge in [0.05, 0.1) is 26.0 Å². The number of hydrogen-bond donors (Lipinski definition) is 1. The van der Waals surface area contributed by atoms with E-state index in [1.807, 2.05) is 12.1 Å². The van der Waals surface area contributed by atoms with E-state index in [2.05, 4.69) is 14.8 Å². The molecule has 0 amide bonds. The van der Waals surface area contributed by atoms with E-state index in [0.717, 1.165) is 10.8 Å². The predicted octanol–water partition coefficient (Wildman–Crippen LogP) is 1.90. The normalized spacial score (nSPS) is 11.1. The van der Waals surface area contributed by atoms with Crippen LogP contribution in [0.2, 0.25) is 0 Å².